The summed E-state index contributed by atoms with van der Waals surface area (Å²) in [5.41, 5.74) is 3.23. The number of rotatable bonds is 7. The molecule has 0 bridgehead atoms. The number of nitrogens with one attached hydrogen (secondary N) is 1. The highest BCUT2D eigenvalue weighted by atomic mass is 16.5. The van der Waals surface area contributed by atoms with Gasteiger partial charge in [0.15, 0.2) is 5.43 Å². The molecule has 0 aliphatic rings. The number of hydrogen-bond donors (Lipinski definition) is 1. The summed E-state index contributed by atoms with van der Waals surface area (Å²) < 4.78 is 7.17. The van der Waals surface area contributed by atoms with E-state index in [1.807, 2.05) is 72.2 Å². The van der Waals surface area contributed by atoms with Crippen LogP contribution < -0.4 is 10.7 Å². The Balaban J connectivity index is 1.67. The van der Waals surface area contributed by atoms with Crippen LogP contribution in [0.4, 0.5) is 0 Å². The summed E-state index contributed by atoms with van der Waals surface area (Å²) in [6, 6.07) is 21.7. The van der Waals surface area contributed by atoms with Gasteiger partial charge in [0.25, 0.3) is 0 Å². The minimum atomic E-state index is -0.531. The average molecular weight is 457 g/mol. The van der Waals surface area contributed by atoms with E-state index in [1.165, 1.54) is 0 Å². The van der Waals surface area contributed by atoms with Crippen molar-refractivity contribution in [1.82, 2.24) is 9.88 Å². The summed E-state index contributed by atoms with van der Waals surface area (Å²) in [5, 5.41) is 4.13. The van der Waals surface area contributed by atoms with Crippen LogP contribution in [0.15, 0.2) is 77.6 Å². The maximum atomic E-state index is 13.3. The standard InChI is InChI=1S/C28H28N2O4/c1-18(2)34-27(32)16-23(20-14-12-19(3)13-15-20)29-26(31)17-30-24-10-6-4-8-21(24)28(33)22-9-5-7-11-25(22)30/h4-15,18,23H,16-17H2,1-3H3,(H,29,31). The van der Waals surface area contributed by atoms with Crippen molar-refractivity contribution in [2.24, 2.45) is 0 Å². The molecule has 4 aromatic rings. The number of pyridine rings is 1. The van der Waals surface area contributed by atoms with Crippen LogP contribution in [0.5, 0.6) is 0 Å². The van der Waals surface area contributed by atoms with Crippen molar-refractivity contribution < 1.29 is 14.3 Å². The molecule has 0 radical (unpaired) electrons. The number of esters is 1. The minimum absolute atomic E-state index is 0.00287. The third-order valence-electron chi connectivity index (χ3n) is 5.73. The van der Waals surface area contributed by atoms with Gasteiger partial charge in [0.2, 0.25) is 5.91 Å². The number of nitrogens with zero attached hydrogens (tertiary/aromatic N) is 1. The predicted octanol–water partition coefficient (Wildman–Crippen LogP) is 4.66. The fourth-order valence-corrected chi connectivity index (χ4v) is 4.16. The van der Waals surface area contributed by atoms with E-state index >= 15 is 0 Å². The van der Waals surface area contributed by atoms with Gasteiger partial charge in [0.1, 0.15) is 6.54 Å². The van der Waals surface area contributed by atoms with Gasteiger partial charge >= 0.3 is 5.97 Å². The van der Waals surface area contributed by atoms with Crippen LogP contribution in [-0.4, -0.2) is 22.5 Å². The number of aromatic nitrogens is 1. The Hall–Kier alpha value is -3.93. The molecule has 1 amide bonds. The number of para-hydroxylation sites is 2. The summed E-state index contributed by atoms with van der Waals surface area (Å²) in [4.78, 5) is 38.7. The van der Waals surface area contributed by atoms with Gasteiger partial charge in [-0.05, 0) is 50.6 Å². The van der Waals surface area contributed by atoms with Gasteiger partial charge in [-0.25, -0.2) is 0 Å². The van der Waals surface area contributed by atoms with Crippen LogP contribution in [0.1, 0.15) is 37.4 Å². The van der Waals surface area contributed by atoms with Crippen LogP contribution in [-0.2, 0) is 20.9 Å². The summed E-state index contributed by atoms with van der Waals surface area (Å²) in [7, 11) is 0. The molecule has 6 heteroatoms. The monoisotopic (exact) mass is 456 g/mol. The van der Waals surface area contributed by atoms with Crippen LogP contribution in [0, 0.1) is 6.92 Å². The Morgan fingerprint density at radius 3 is 2.00 bits per heavy atom. The molecule has 0 saturated carbocycles. The first-order chi connectivity index (χ1) is 16.3. The van der Waals surface area contributed by atoms with Gasteiger partial charge in [0.05, 0.1) is 29.6 Å². The van der Waals surface area contributed by atoms with Gasteiger partial charge in [-0.2, -0.15) is 0 Å². The molecule has 0 spiro atoms. The zero-order valence-corrected chi connectivity index (χ0v) is 19.6. The number of carbonyl (C=O) groups is 2. The predicted molar refractivity (Wildman–Crippen MR) is 134 cm³/mol. The van der Waals surface area contributed by atoms with E-state index in [4.69, 9.17) is 4.74 Å². The Morgan fingerprint density at radius 1 is 0.882 bits per heavy atom. The zero-order valence-electron chi connectivity index (χ0n) is 19.6. The molecule has 6 nitrogen and oxygen atoms in total. The lowest BCUT2D eigenvalue weighted by molar-refractivity contribution is -0.148. The lowest BCUT2D eigenvalue weighted by Crippen LogP contribution is -2.34. The maximum absolute atomic E-state index is 13.3. The van der Waals surface area contributed by atoms with Crippen molar-refractivity contribution in [3.8, 4) is 0 Å². The average Bonchev–Trinajstić information content (AvgIpc) is 2.81. The topological polar surface area (TPSA) is 77.4 Å². The van der Waals surface area contributed by atoms with Gasteiger partial charge in [-0.3, -0.25) is 14.4 Å². The van der Waals surface area contributed by atoms with Crippen molar-refractivity contribution >= 4 is 33.7 Å². The van der Waals surface area contributed by atoms with Gasteiger partial charge in [0, 0.05) is 10.8 Å². The van der Waals surface area contributed by atoms with Gasteiger partial charge in [-0.1, -0.05) is 54.1 Å². The second kappa shape index (κ2) is 9.91. The first kappa shape index (κ1) is 23.2. The van der Waals surface area contributed by atoms with Crippen LogP contribution in [0.25, 0.3) is 21.8 Å². The Bertz CT molecular complexity index is 1340. The molecule has 1 aromatic heterocycles. The molecule has 4 rings (SSSR count). The molecule has 174 valence electrons. The second-order valence-electron chi connectivity index (χ2n) is 8.72. The molecule has 0 fully saturated rings. The van der Waals surface area contributed by atoms with E-state index < -0.39 is 6.04 Å². The fourth-order valence-electron chi connectivity index (χ4n) is 4.16. The third kappa shape index (κ3) is 5.01. The minimum Gasteiger partial charge on any atom is -0.463 e. The largest absolute Gasteiger partial charge is 0.463 e. The molecule has 3 aromatic carbocycles. The zero-order chi connectivity index (χ0) is 24.2. The molecule has 1 N–H and O–H groups in total. The number of amides is 1. The Labute approximate surface area is 198 Å². The highest BCUT2D eigenvalue weighted by molar-refractivity contribution is 5.95. The molecule has 0 saturated heterocycles. The van der Waals surface area contributed by atoms with E-state index in [-0.39, 0.29) is 36.4 Å². The van der Waals surface area contributed by atoms with Crippen molar-refractivity contribution in [3.05, 3.63) is 94.1 Å². The molecular formula is C28H28N2O4. The normalized spacial score (nSPS) is 12.1. The van der Waals surface area contributed by atoms with Crippen molar-refractivity contribution in [1.29, 1.82) is 0 Å². The number of benzene rings is 3. The summed E-state index contributed by atoms with van der Waals surface area (Å²) in [5.74, 6) is -0.637. The molecule has 1 unspecified atom stereocenters. The quantitative estimate of drug-likeness (QED) is 0.324. The summed E-state index contributed by atoms with van der Waals surface area (Å²) >= 11 is 0. The van der Waals surface area contributed by atoms with Gasteiger partial charge in [-0.15, -0.1) is 0 Å². The lowest BCUT2D eigenvalue weighted by atomic mass is 10.0. The van der Waals surface area contributed by atoms with E-state index in [0.717, 1.165) is 11.1 Å². The first-order valence-corrected chi connectivity index (χ1v) is 11.4. The number of fused-ring (bicyclic) bond motifs is 2. The Morgan fingerprint density at radius 2 is 1.44 bits per heavy atom. The molecular weight excluding hydrogens is 428 g/mol. The van der Waals surface area contributed by atoms with Crippen LogP contribution in [0.3, 0.4) is 0 Å². The Kier molecular flexibility index (Phi) is 6.77. The summed E-state index contributed by atoms with van der Waals surface area (Å²) in [6.45, 7) is 5.58. The first-order valence-electron chi connectivity index (χ1n) is 11.4. The van der Waals surface area contributed by atoms with Crippen LogP contribution >= 0.6 is 0 Å². The smallest absolute Gasteiger partial charge is 0.308 e. The van der Waals surface area contributed by atoms with Crippen LogP contribution in [0.2, 0.25) is 0 Å². The number of carbonyl (C=O) groups excluding carboxylic acids is 2. The lowest BCUT2D eigenvalue weighted by Gasteiger charge is -2.21. The van der Waals surface area contributed by atoms with Crippen molar-refractivity contribution in [3.63, 3.8) is 0 Å². The maximum Gasteiger partial charge on any atom is 0.308 e. The highest BCUT2D eigenvalue weighted by Crippen LogP contribution is 2.21. The highest BCUT2D eigenvalue weighted by Gasteiger charge is 2.21. The van der Waals surface area contributed by atoms with E-state index in [9.17, 15) is 14.4 Å². The fraction of sp³-hybridized carbons (Fsp3) is 0.250. The third-order valence-corrected chi connectivity index (χ3v) is 5.73. The molecule has 0 aliphatic heterocycles. The number of aryl methyl sites for hydroxylation is 1. The molecule has 34 heavy (non-hydrogen) atoms. The second-order valence-corrected chi connectivity index (χ2v) is 8.72. The number of ether oxygens (including phenoxy) is 1. The van der Waals surface area contributed by atoms with Crippen molar-refractivity contribution in [2.75, 3.05) is 0 Å². The van der Waals surface area contributed by atoms with E-state index in [0.29, 0.717) is 21.8 Å². The van der Waals surface area contributed by atoms with E-state index in [2.05, 4.69) is 5.32 Å². The summed E-state index contributed by atoms with van der Waals surface area (Å²) in [6.07, 6.45) is -0.209. The molecule has 1 heterocycles. The number of hydrogen-bond acceptors (Lipinski definition) is 4. The molecule has 1 atom stereocenters. The van der Waals surface area contributed by atoms with E-state index in [1.54, 1.807) is 26.0 Å². The van der Waals surface area contributed by atoms with Crippen molar-refractivity contribution in [2.45, 2.75) is 45.9 Å². The molecule has 0 aliphatic carbocycles. The SMILES string of the molecule is Cc1ccc(C(CC(=O)OC(C)C)NC(=O)Cn2c3ccccc3c(=O)c3ccccc32)cc1. The van der Waals surface area contributed by atoms with Gasteiger partial charge < -0.3 is 14.6 Å².